The van der Waals surface area contributed by atoms with Crippen molar-refractivity contribution in [3.8, 4) is 5.75 Å². The molecule has 0 aromatic heterocycles. The molecule has 0 saturated carbocycles. The van der Waals surface area contributed by atoms with Gasteiger partial charge in [-0.15, -0.1) is 0 Å². The third kappa shape index (κ3) is 5.12. The standard InChI is InChI=1S/C19H21NO4/c1-14(24-17-6-4-3-5-7-17)18(21)20-13-12-15-8-10-16(11-9-15)19(22)23-2/h3-11,14H,12-13H2,1-2H3,(H,20,21)/t14-/m1/s1. The number of para-hydroxylation sites is 1. The van der Waals surface area contributed by atoms with Gasteiger partial charge in [-0.3, -0.25) is 4.79 Å². The fraction of sp³-hybridized carbons (Fsp3) is 0.263. The van der Waals surface area contributed by atoms with Gasteiger partial charge in [-0.1, -0.05) is 30.3 Å². The van der Waals surface area contributed by atoms with Crippen molar-refractivity contribution in [2.45, 2.75) is 19.4 Å². The fourth-order valence-corrected chi connectivity index (χ4v) is 2.16. The zero-order valence-corrected chi connectivity index (χ0v) is 13.8. The number of amides is 1. The van der Waals surface area contributed by atoms with Gasteiger partial charge in [0.15, 0.2) is 6.10 Å². The van der Waals surface area contributed by atoms with Gasteiger partial charge < -0.3 is 14.8 Å². The smallest absolute Gasteiger partial charge is 0.337 e. The third-order valence-corrected chi connectivity index (χ3v) is 3.51. The highest BCUT2D eigenvalue weighted by molar-refractivity contribution is 5.89. The van der Waals surface area contributed by atoms with E-state index >= 15 is 0 Å². The van der Waals surface area contributed by atoms with Crippen LogP contribution in [0.4, 0.5) is 0 Å². The van der Waals surface area contributed by atoms with Gasteiger partial charge in [0, 0.05) is 6.54 Å². The monoisotopic (exact) mass is 327 g/mol. The molecule has 0 saturated heterocycles. The van der Waals surface area contributed by atoms with Gasteiger partial charge in [-0.2, -0.15) is 0 Å². The lowest BCUT2D eigenvalue weighted by Gasteiger charge is -2.14. The van der Waals surface area contributed by atoms with Crippen molar-refractivity contribution in [3.05, 3.63) is 65.7 Å². The summed E-state index contributed by atoms with van der Waals surface area (Å²) in [6.45, 7) is 2.21. The van der Waals surface area contributed by atoms with Crippen molar-refractivity contribution >= 4 is 11.9 Å². The molecule has 24 heavy (non-hydrogen) atoms. The Morgan fingerprint density at radius 3 is 2.33 bits per heavy atom. The normalized spacial score (nSPS) is 11.4. The molecule has 2 rings (SSSR count). The molecule has 1 N–H and O–H groups in total. The van der Waals surface area contributed by atoms with Crippen LogP contribution in [0, 0.1) is 0 Å². The molecule has 1 amide bonds. The average molecular weight is 327 g/mol. The molecule has 5 heteroatoms. The average Bonchev–Trinajstić information content (AvgIpc) is 2.62. The van der Waals surface area contributed by atoms with E-state index < -0.39 is 6.10 Å². The second-order valence-corrected chi connectivity index (χ2v) is 5.30. The topological polar surface area (TPSA) is 64.6 Å². The van der Waals surface area contributed by atoms with E-state index in [4.69, 9.17) is 4.74 Å². The SMILES string of the molecule is COC(=O)c1ccc(CCNC(=O)[C@@H](C)Oc2ccccc2)cc1. The van der Waals surface area contributed by atoms with Crippen molar-refractivity contribution in [1.82, 2.24) is 5.32 Å². The largest absolute Gasteiger partial charge is 0.481 e. The molecule has 0 spiro atoms. The summed E-state index contributed by atoms with van der Waals surface area (Å²) in [6.07, 6.45) is 0.111. The summed E-state index contributed by atoms with van der Waals surface area (Å²) in [6, 6.07) is 16.4. The minimum absolute atomic E-state index is 0.162. The third-order valence-electron chi connectivity index (χ3n) is 3.51. The number of carbonyl (C=O) groups is 2. The highest BCUT2D eigenvalue weighted by atomic mass is 16.5. The molecule has 1 atom stereocenters. The van der Waals surface area contributed by atoms with Crippen molar-refractivity contribution < 1.29 is 19.1 Å². The predicted molar refractivity (Wildman–Crippen MR) is 91.0 cm³/mol. The maximum Gasteiger partial charge on any atom is 0.337 e. The van der Waals surface area contributed by atoms with Gasteiger partial charge in [-0.05, 0) is 43.2 Å². The van der Waals surface area contributed by atoms with Gasteiger partial charge in [-0.25, -0.2) is 4.79 Å². The first-order valence-corrected chi connectivity index (χ1v) is 7.77. The zero-order chi connectivity index (χ0) is 17.4. The first-order valence-electron chi connectivity index (χ1n) is 7.77. The van der Waals surface area contributed by atoms with Crippen LogP contribution in [0.1, 0.15) is 22.8 Å². The first-order chi connectivity index (χ1) is 11.6. The number of methoxy groups -OCH3 is 1. The summed E-state index contributed by atoms with van der Waals surface area (Å²) in [4.78, 5) is 23.4. The van der Waals surface area contributed by atoms with E-state index in [0.717, 1.165) is 5.56 Å². The van der Waals surface area contributed by atoms with Gasteiger partial charge in [0.25, 0.3) is 5.91 Å². The number of rotatable bonds is 7. The number of nitrogens with one attached hydrogen (secondary N) is 1. The van der Waals surface area contributed by atoms with E-state index in [2.05, 4.69) is 10.1 Å². The molecule has 126 valence electrons. The molecule has 0 aliphatic heterocycles. The molecule has 0 unspecified atom stereocenters. The van der Waals surface area contributed by atoms with Crippen LogP contribution in [-0.2, 0) is 16.0 Å². The van der Waals surface area contributed by atoms with Crippen LogP contribution >= 0.6 is 0 Å². The summed E-state index contributed by atoms with van der Waals surface area (Å²) in [5, 5.41) is 2.84. The number of benzene rings is 2. The maximum absolute atomic E-state index is 12.0. The summed E-state index contributed by atoms with van der Waals surface area (Å²) in [5.41, 5.74) is 1.54. The van der Waals surface area contributed by atoms with Crippen molar-refractivity contribution in [1.29, 1.82) is 0 Å². The lowest BCUT2D eigenvalue weighted by atomic mass is 10.1. The molecule has 5 nitrogen and oxygen atoms in total. The Hall–Kier alpha value is -2.82. The Bertz CT molecular complexity index is 668. The van der Waals surface area contributed by atoms with E-state index in [1.54, 1.807) is 19.1 Å². The van der Waals surface area contributed by atoms with E-state index in [1.165, 1.54) is 7.11 Å². The molecule has 0 bridgehead atoms. The highest BCUT2D eigenvalue weighted by Crippen LogP contribution is 2.11. The van der Waals surface area contributed by atoms with Crippen LogP contribution in [0.2, 0.25) is 0 Å². The number of esters is 1. The second-order valence-electron chi connectivity index (χ2n) is 5.30. The van der Waals surface area contributed by atoms with Crippen LogP contribution in [0.3, 0.4) is 0 Å². The van der Waals surface area contributed by atoms with Gasteiger partial charge in [0.05, 0.1) is 12.7 Å². The first kappa shape index (κ1) is 17.5. The van der Waals surface area contributed by atoms with Crippen LogP contribution in [0.25, 0.3) is 0 Å². The number of carbonyl (C=O) groups excluding carboxylic acids is 2. The molecular weight excluding hydrogens is 306 g/mol. The molecule has 2 aromatic rings. The second kappa shape index (κ2) is 8.72. The van der Waals surface area contributed by atoms with Gasteiger partial charge in [0.2, 0.25) is 0 Å². The number of hydrogen-bond donors (Lipinski definition) is 1. The Morgan fingerprint density at radius 1 is 1.04 bits per heavy atom. The quantitative estimate of drug-likeness (QED) is 0.794. The molecule has 0 aliphatic carbocycles. The molecule has 0 heterocycles. The van der Waals surface area contributed by atoms with Crippen molar-refractivity contribution in [3.63, 3.8) is 0 Å². The van der Waals surface area contributed by atoms with E-state index in [-0.39, 0.29) is 11.9 Å². The Labute approximate surface area is 141 Å². The zero-order valence-electron chi connectivity index (χ0n) is 13.8. The maximum atomic E-state index is 12.0. The summed E-state index contributed by atoms with van der Waals surface area (Å²) < 4.78 is 10.2. The van der Waals surface area contributed by atoms with Crippen molar-refractivity contribution in [2.75, 3.05) is 13.7 Å². The Morgan fingerprint density at radius 2 is 1.71 bits per heavy atom. The summed E-state index contributed by atoms with van der Waals surface area (Å²) in [7, 11) is 1.35. The van der Waals surface area contributed by atoms with Crippen LogP contribution in [0.5, 0.6) is 5.75 Å². The van der Waals surface area contributed by atoms with Gasteiger partial charge >= 0.3 is 5.97 Å². The number of hydrogen-bond acceptors (Lipinski definition) is 4. The minimum Gasteiger partial charge on any atom is -0.481 e. The summed E-state index contributed by atoms with van der Waals surface area (Å²) in [5.74, 6) is 0.144. The van der Waals surface area contributed by atoms with E-state index in [1.807, 2.05) is 42.5 Å². The van der Waals surface area contributed by atoms with Crippen LogP contribution < -0.4 is 10.1 Å². The fourth-order valence-electron chi connectivity index (χ4n) is 2.16. The molecule has 0 radical (unpaired) electrons. The van der Waals surface area contributed by atoms with Crippen LogP contribution in [0.15, 0.2) is 54.6 Å². The minimum atomic E-state index is -0.561. The molecule has 0 fully saturated rings. The molecule has 0 aliphatic rings. The van der Waals surface area contributed by atoms with Crippen molar-refractivity contribution in [2.24, 2.45) is 0 Å². The number of ether oxygens (including phenoxy) is 2. The molecule has 2 aromatic carbocycles. The highest BCUT2D eigenvalue weighted by Gasteiger charge is 2.13. The van der Waals surface area contributed by atoms with E-state index in [0.29, 0.717) is 24.3 Å². The lowest BCUT2D eigenvalue weighted by molar-refractivity contribution is -0.127. The van der Waals surface area contributed by atoms with Gasteiger partial charge in [0.1, 0.15) is 5.75 Å². The Balaban J connectivity index is 1.76. The predicted octanol–water partition coefficient (Wildman–Crippen LogP) is 2.60. The Kier molecular flexibility index (Phi) is 6.37. The molecular formula is C19H21NO4. The summed E-state index contributed by atoms with van der Waals surface area (Å²) >= 11 is 0. The van der Waals surface area contributed by atoms with Crippen LogP contribution in [-0.4, -0.2) is 31.6 Å². The van der Waals surface area contributed by atoms with E-state index in [9.17, 15) is 9.59 Å². The lowest BCUT2D eigenvalue weighted by Crippen LogP contribution is -2.37.